The molecule has 0 bridgehead atoms. The Kier molecular flexibility index (Phi) is 2.93. The van der Waals surface area contributed by atoms with Crippen molar-refractivity contribution in [3.05, 3.63) is 29.8 Å². The van der Waals surface area contributed by atoms with Crippen LogP contribution in [0.2, 0.25) is 0 Å². The molecule has 3 rings (SSSR count). The minimum atomic E-state index is -0.524. The van der Waals surface area contributed by atoms with Gasteiger partial charge in [0.2, 0.25) is 11.8 Å². The molecular formula is C14H12FNO4. The molecule has 1 fully saturated rings. The quantitative estimate of drug-likeness (QED) is 0.853. The molecule has 1 aromatic carbocycles. The van der Waals surface area contributed by atoms with Crippen molar-refractivity contribution in [3.63, 3.8) is 0 Å². The van der Waals surface area contributed by atoms with Crippen LogP contribution >= 0.6 is 0 Å². The summed E-state index contributed by atoms with van der Waals surface area (Å²) in [5, 5.41) is 2.92. The monoisotopic (exact) mass is 277 g/mol. The molecule has 0 spiro atoms. The Labute approximate surface area is 113 Å². The van der Waals surface area contributed by atoms with Crippen molar-refractivity contribution >= 4 is 22.8 Å². The van der Waals surface area contributed by atoms with Gasteiger partial charge in [0, 0.05) is 23.4 Å². The van der Waals surface area contributed by atoms with Crippen LogP contribution in [-0.2, 0) is 9.59 Å². The highest BCUT2D eigenvalue weighted by Gasteiger charge is 2.30. The van der Waals surface area contributed by atoms with Gasteiger partial charge in [0.05, 0.1) is 19.3 Å². The van der Waals surface area contributed by atoms with E-state index in [1.54, 1.807) is 0 Å². The lowest BCUT2D eigenvalue weighted by Crippen LogP contribution is -2.39. The Balaban J connectivity index is 2.08. The molecule has 2 amide bonds. The summed E-state index contributed by atoms with van der Waals surface area (Å²) in [6.07, 6.45) is 2.13. The molecule has 1 saturated heterocycles. The Bertz CT molecular complexity index is 707. The number of methoxy groups -OCH3 is 1. The highest BCUT2D eigenvalue weighted by atomic mass is 19.1. The van der Waals surface area contributed by atoms with Crippen LogP contribution < -0.4 is 10.1 Å². The lowest BCUT2D eigenvalue weighted by molar-refractivity contribution is -0.134. The van der Waals surface area contributed by atoms with Crippen LogP contribution in [0.4, 0.5) is 4.39 Å². The number of furan rings is 1. The number of piperidine rings is 1. The van der Waals surface area contributed by atoms with Gasteiger partial charge < -0.3 is 9.15 Å². The SMILES string of the molecule is COc1cc2c([C@@H]3CCC(=O)NC3=O)coc2cc1F. The van der Waals surface area contributed by atoms with Crippen molar-refractivity contribution in [2.45, 2.75) is 18.8 Å². The van der Waals surface area contributed by atoms with E-state index in [4.69, 9.17) is 9.15 Å². The van der Waals surface area contributed by atoms with Crippen molar-refractivity contribution in [2.24, 2.45) is 0 Å². The molecule has 1 aliphatic heterocycles. The standard InChI is InChI=1S/C14H12FNO4/c1-19-12-4-8-9(6-20-11(8)5-10(12)15)7-2-3-13(17)16-14(7)18/h4-7H,2-3H2,1H3,(H,16,17,18)/t7-/m0/s1. The number of halogens is 1. The molecule has 1 N–H and O–H groups in total. The second-order valence-electron chi connectivity index (χ2n) is 4.68. The Morgan fingerprint density at radius 1 is 1.40 bits per heavy atom. The largest absolute Gasteiger partial charge is 0.494 e. The van der Waals surface area contributed by atoms with Crippen LogP contribution in [0.3, 0.4) is 0 Å². The molecule has 0 unspecified atom stereocenters. The van der Waals surface area contributed by atoms with Crippen LogP contribution in [-0.4, -0.2) is 18.9 Å². The average Bonchev–Trinajstić information content (AvgIpc) is 2.80. The summed E-state index contributed by atoms with van der Waals surface area (Å²) in [6, 6.07) is 2.73. The third kappa shape index (κ3) is 1.93. The molecule has 1 aliphatic rings. The number of benzene rings is 1. The van der Waals surface area contributed by atoms with Crippen molar-refractivity contribution < 1.29 is 23.1 Å². The van der Waals surface area contributed by atoms with Gasteiger partial charge in [0.25, 0.3) is 0 Å². The molecule has 0 aliphatic carbocycles. The van der Waals surface area contributed by atoms with E-state index < -0.39 is 11.7 Å². The predicted octanol–water partition coefficient (Wildman–Crippen LogP) is 2.10. The molecule has 1 atom stereocenters. The van der Waals surface area contributed by atoms with Crippen LogP contribution in [0.25, 0.3) is 11.0 Å². The summed E-state index contributed by atoms with van der Waals surface area (Å²) in [6.45, 7) is 0. The topological polar surface area (TPSA) is 68.5 Å². The molecule has 2 heterocycles. The number of carbonyl (C=O) groups is 2. The van der Waals surface area contributed by atoms with Gasteiger partial charge in [-0.1, -0.05) is 0 Å². The first-order chi connectivity index (χ1) is 9.60. The molecular weight excluding hydrogens is 265 g/mol. The van der Waals surface area contributed by atoms with Gasteiger partial charge in [-0.15, -0.1) is 0 Å². The fraction of sp³-hybridized carbons (Fsp3) is 0.286. The minimum Gasteiger partial charge on any atom is -0.494 e. The molecule has 0 saturated carbocycles. The number of carbonyl (C=O) groups excluding carboxylic acids is 2. The zero-order chi connectivity index (χ0) is 14.3. The number of hydrogen-bond donors (Lipinski definition) is 1. The van der Waals surface area contributed by atoms with Crippen LogP contribution in [0.5, 0.6) is 5.75 Å². The number of ether oxygens (including phenoxy) is 1. The normalized spacial score (nSPS) is 19.2. The number of nitrogens with one attached hydrogen (secondary N) is 1. The second-order valence-corrected chi connectivity index (χ2v) is 4.68. The zero-order valence-electron chi connectivity index (χ0n) is 10.7. The number of rotatable bonds is 2. The highest BCUT2D eigenvalue weighted by molar-refractivity contribution is 6.02. The molecule has 5 nitrogen and oxygen atoms in total. The van der Waals surface area contributed by atoms with E-state index >= 15 is 0 Å². The molecule has 6 heteroatoms. The first-order valence-electron chi connectivity index (χ1n) is 6.18. The van der Waals surface area contributed by atoms with E-state index in [2.05, 4.69) is 5.32 Å². The highest BCUT2D eigenvalue weighted by Crippen LogP contribution is 2.35. The molecule has 2 aromatic rings. The zero-order valence-corrected chi connectivity index (χ0v) is 10.7. The summed E-state index contributed by atoms with van der Waals surface area (Å²) < 4.78 is 23.8. The number of hydrogen-bond acceptors (Lipinski definition) is 4. The number of fused-ring (bicyclic) bond motifs is 1. The van der Waals surface area contributed by atoms with Gasteiger partial charge in [-0.25, -0.2) is 4.39 Å². The van der Waals surface area contributed by atoms with E-state index in [1.165, 1.54) is 25.5 Å². The van der Waals surface area contributed by atoms with Gasteiger partial charge in [-0.3, -0.25) is 14.9 Å². The molecule has 104 valence electrons. The predicted molar refractivity (Wildman–Crippen MR) is 67.8 cm³/mol. The van der Waals surface area contributed by atoms with Crippen LogP contribution in [0, 0.1) is 5.82 Å². The van der Waals surface area contributed by atoms with Gasteiger partial charge in [-0.05, 0) is 12.5 Å². The fourth-order valence-electron chi connectivity index (χ4n) is 2.47. The maximum atomic E-state index is 13.6. The Morgan fingerprint density at radius 2 is 2.20 bits per heavy atom. The van der Waals surface area contributed by atoms with E-state index in [0.717, 1.165) is 0 Å². The molecule has 20 heavy (non-hydrogen) atoms. The minimum absolute atomic E-state index is 0.0902. The summed E-state index contributed by atoms with van der Waals surface area (Å²) >= 11 is 0. The van der Waals surface area contributed by atoms with Gasteiger partial charge in [0.15, 0.2) is 11.6 Å². The third-order valence-electron chi connectivity index (χ3n) is 3.49. The van der Waals surface area contributed by atoms with E-state index in [-0.39, 0.29) is 24.0 Å². The summed E-state index contributed by atoms with van der Waals surface area (Å²) in [4.78, 5) is 23.1. The Hall–Kier alpha value is -2.37. The first-order valence-corrected chi connectivity index (χ1v) is 6.18. The van der Waals surface area contributed by atoms with Crippen LogP contribution in [0.1, 0.15) is 24.3 Å². The molecule has 1 aromatic heterocycles. The van der Waals surface area contributed by atoms with Gasteiger partial charge in [0.1, 0.15) is 5.58 Å². The number of imide groups is 1. The Morgan fingerprint density at radius 3 is 2.90 bits per heavy atom. The summed E-state index contributed by atoms with van der Waals surface area (Å²) in [5.41, 5.74) is 0.992. The average molecular weight is 277 g/mol. The van der Waals surface area contributed by atoms with Crippen molar-refractivity contribution in [1.29, 1.82) is 0 Å². The summed E-state index contributed by atoms with van der Waals surface area (Å²) in [5.74, 6) is -1.53. The second kappa shape index (κ2) is 4.63. The maximum absolute atomic E-state index is 13.6. The lowest BCUT2D eigenvalue weighted by Gasteiger charge is -2.19. The van der Waals surface area contributed by atoms with Gasteiger partial charge in [-0.2, -0.15) is 0 Å². The van der Waals surface area contributed by atoms with E-state index in [1.807, 2.05) is 0 Å². The van der Waals surface area contributed by atoms with Gasteiger partial charge >= 0.3 is 0 Å². The van der Waals surface area contributed by atoms with Crippen molar-refractivity contribution in [3.8, 4) is 5.75 Å². The third-order valence-corrected chi connectivity index (χ3v) is 3.49. The molecule has 0 radical (unpaired) electrons. The van der Waals surface area contributed by atoms with Crippen molar-refractivity contribution in [1.82, 2.24) is 5.32 Å². The van der Waals surface area contributed by atoms with Crippen LogP contribution in [0.15, 0.2) is 22.8 Å². The first kappa shape index (κ1) is 12.7. The number of amides is 2. The van der Waals surface area contributed by atoms with E-state index in [0.29, 0.717) is 23.0 Å². The smallest absolute Gasteiger partial charge is 0.234 e. The maximum Gasteiger partial charge on any atom is 0.234 e. The van der Waals surface area contributed by atoms with Crippen molar-refractivity contribution in [2.75, 3.05) is 7.11 Å². The van der Waals surface area contributed by atoms with E-state index in [9.17, 15) is 14.0 Å². The lowest BCUT2D eigenvalue weighted by atomic mass is 9.90. The fourth-order valence-corrected chi connectivity index (χ4v) is 2.47. The summed E-state index contributed by atoms with van der Waals surface area (Å²) in [7, 11) is 1.37.